The van der Waals surface area contributed by atoms with Crippen molar-refractivity contribution in [2.75, 3.05) is 41.9 Å². The van der Waals surface area contributed by atoms with E-state index in [1.807, 2.05) is 38.1 Å². The van der Waals surface area contributed by atoms with Crippen molar-refractivity contribution in [3.05, 3.63) is 35.7 Å². The second-order valence-electron chi connectivity index (χ2n) is 6.25. The molecule has 0 saturated carbocycles. The molecule has 1 fully saturated rings. The minimum absolute atomic E-state index is 0.0303. The molecule has 8 heteroatoms. The van der Waals surface area contributed by atoms with Gasteiger partial charge in [-0.3, -0.25) is 0 Å². The van der Waals surface area contributed by atoms with Gasteiger partial charge in [0.1, 0.15) is 17.2 Å². The van der Waals surface area contributed by atoms with E-state index in [1.165, 1.54) is 0 Å². The number of aromatic nitrogens is 1. The molecular formula is C17H23N3O4S. The van der Waals surface area contributed by atoms with Gasteiger partial charge in [-0.1, -0.05) is 5.16 Å². The number of hydrogen-bond acceptors (Lipinski definition) is 7. The van der Waals surface area contributed by atoms with Gasteiger partial charge >= 0.3 is 0 Å². The molecule has 2 heterocycles. The maximum Gasteiger partial charge on any atom is 0.153 e. The smallest absolute Gasteiger partial charge is 0.153 e. The summed E-state index contributed by atoms with van der Waals surface area (Å²) in [4.78, 5) is 2.07. The molecule has 1 aromatic heterocycles. The standard InChI is InChI=1S/C17H23N3O4S/c1-12-10-16(19-24-12)13(2)18-15-5-4-14(11-17(15)23-3)20-6-8-25(21,22)9-7-20/h4-5,10-11,13,18H,6-9H2,1-3H3. The van der Waals surface area contributed by atoms with Crippen LogP contribution in [-0.2, 0) is 9.84 Å². The van der Waals surface area contributed by atoms with Gasteiger partial charge < -0.3 is 19.5 Å². The van der Waals surface area contributed by atoms with Crippen LogP contribution in [0.1, 0.15) is 24.4 Å². The van der Waals surface area contributed by atoms with E-state index in [9.17, 15) is 8.42 Å². The van der Waals surface area contributed by atoms with Crippen LogP contribution >= 0.6 is 0 Å². The van der Waals surface area contributed by atoms with Gasteiger partial charge in [0.15, 0.2) is 9.84 Å². The average molecular weight is 365 g/mol. The van der Waals surface area contributed by atoms with Crippen LogP contribution in [0.2, 0.25) is 0 Å². The Morgan fingerprint density at radius 1 is 1.28 bits per heavy atom. The lowest BCUT2D eigenvalue weighted by Gasteiger charge is -2.29. The minimum atomic E-state index is -2.89. The van der Waals surface area contributed by atoms with Crippen LogP contribution in [0.5, 0.6) is 5.75 Å². The fourth-order valence-corrected chi connectivity index (χ4v) is 4.06. The van der Waals surface area contributed by atoms with Crippen LogP contribution in [0.15, 0.2) is 28.8 Å². The van der Waals surface area contributed by atoms with Crippen molar-refractivity contribution in [1.82, 2.24) is 5.16 Å². The Balaban J connectivity index is 1.75. The normalized spacial score (nSPS) is 18.0. The van der Waals surface area contributed by atoms with E-state index in [1.54, 1.807) is 7.11 Å². The molecule has 0 spiro atoms. The zero-order chi connectivity index (χ0) is 18.0. The molecule has 0 bridgehead atoms. The highest BCUT2D eigenvalue weighted by Crippen LogP contribution is 2.32. The molecule has 1 unspecified atom stereocenters. The first kappa shape index (κ1) is 17.6. The number of hydrogen-bond donors (Lipinski definition) is 1. The summed E-state index contributed by atoms with van der Waals surface area (Å²) >= 11 is 0. The van der Waals surface area contributed by atoms with Gasteiger partial charge in [0.05, 0.1) is 30.3 Å². The Hall–Kier alpha value is -2.22. The van der Waals surface area contributed by atoms with Gasteiger partial charge in [-0.15, -0.1) is 0 Å². The minimum Gasteiger partial charge on any atom is -0.495 e. The number of anilines is 2. The van der Waals surface area contributed by atoms with Crippen molar-refractivity contribution in [1.29, 1.82) is 0 Å². The van der Waals surface area contributed by atoms with Gasteiger partial charge in [-0.2, -0.15) is 0 Å². The quantitative estimate of drug-likeness (QED) is 0.871. The average Bonchev–Trinajstić information content (AvgIpc) is 3.02. The number of ether oxygens (including phenoxy) is 1. The molecular weight excluding hydrogens is 342 g/mol. The maximum atomic E-state index is 11.6. The largest absolute Gasteiger partial charge is 0.495 e. The third-order valence-electron chi connectivity index (χ3n) is 4.36. The third-order valence-corrected chi connectivity index (χ3v) is 5.97. The van der Waals surface area contributed by atoms with E-state index < -0.39 is 9.84 Å². The van der Waals surface area contributed by atoms with E-state index in [0.29, 0.717) is 18.8 Å². The van der Waals surface area contributed by atoms with Crippen LogP contribution < -0.4 is 15.0 Å². The fraction of sp³-hybridized carbons (Fsp3) is 0.471. The van der Waals surface area contributed by atoms with Crippen molar-refractivity contribution in [3.63, 3.8) is 0 Å². The Morgan fingerprint density at radius 3 is 2.60 bits per heavy atom. The van der Waals surface area contributed by atoms with Crippen molar-refractivity contribution in [3.8, 4) is 5.75 Å². The van der Waals surface area contributed by atoms with Gasteiger partial charge in [0.2, 0.25) is 0 Å². The van der Waals surface area contributed by atoms with Crippen LogP contribution in [0, 0.1) is 6.92 Å². The zero-order valence-electron chi connectivity index (χ0n) is 14.7. The summed E-state index contributed by atoms with van der Waals surface area (Å²) in [5, 5.41) is 7.40. The van der Waals surface area contributed by atoms with Gasteiger partial charge in [0, 0.05) is 30.9 Å². The third kappa shape index (κ3) is 4.07. The molecule has 136 valence electrons. The molecule has 7 nitrogen and oxygen atoms in total. The summed E-state index contributed by atoms with van der Waals surface area (Å²) in [6.45, 7) is 4.87. The highest BCUT2D eigenvalue weighted by Gasteiger charge is 2.22. The molecule has 1 aromatic carbocycles. The first-order valence-electron chi connectivity index (χ1n) is 8.21. The number of sulfone groups is 1. The predicted molar refractivity (Wildman–Crippen MR) is 97.1 cm³/mol. The SMILES string of the molecule is COc1cc(N2CCS(=O)(=O)CC2)ccc1NC(C)c1cc(C)on1. The predicted octanol–water partition coefficient (Wildman–Crippen LogP) is 2.40. The molecule has 0 amide bonds. The Kier molecular flexibility index (Phi) is 4.89. The maximum absolute atomic E-state index is 11.6. The summed E-state index contributed by atoms with van der Waals surface area (Å²) in [6.07, 6.45) is 0. The molecule has 1 saturated heterocycles. The monoisotopic (exact) mass is 365 g/mol. The van der Waals surface area contributed by atoms with Crippen molar-refractivity contribution in [2.24, 2.45) is 0 Å². The van der Waals surface area contributed by atoms with E-state index in [4.69, 9.17) is 9.26 Å². The lowest BCUT2D eigenvalue weighted by molar-refractivity contribution is 0.388. The number of aryl methyl sites for hydroxylation is 1. The van der Waals surface area contributed by atoms with Crippen LogP contribution in [0.3, 0.4) is 0 Å². The Labute approximate surface area is 147 Å². The van der Waals surface area contributed by atoms with E-state index in [0.717, 1.165) is 22.8 Å². The lowest BCUT2D eigenvalue weighted by atomic mass is 10.2. The van der Waals surface area contributed by atoms with Crippen LogP contribution in [0.4, 0.5) is 11.4 Å². The molecule has 0 aliphatic carbocycles. The van der Waals surface area contributed by atoms with Crippen molar-refractivity contribution in [2.45, 2.75) is 19.9 Å². The molecule has 0 radical (unpaired) electrons. The molecule has 2 aromatic rings. The highest BCUT2D eigenvalue weighted by molar-refractivity contribution is 7.91. The molecule has 3 rings (SSSR count). The van der Waals surface area contributed by atoms with Gasteiger partial charge in [-0.25, -0.2) is 8.42 Å². The topological polar surface area (TPSA) is 84.7 Å². The van der Waals surface area contributed by atoms with Gasteiger partial charge in [0.25, 0.3) is 0 Å². The number of rotatable bonds is 5. The molecule has 1 atom stereocenters. The first-order valence-corrected chi connectivity index (χ1v) is 10.0. The van der Waals surface area contributed by atoms with E-state index in [-0.39, 0.29) is 17.5 Å². The van der Waals surface area contributed by atoms with Crippen molar-refractivity contribution < 1.29 is 17.7 Å². The highest BCUT2D eigenvalue weighted by atomic mass is 32.2. The molecule has 25 heavy (non-hydrogen) atoms. The number of methoxy groups -OCH3 is 1. The fourth-order valence-electron chi connectivity index (χ4n) is 2.86. The summed E-state index contributed by atoms with van der Waals surface area (Å²) in [5.41, 5.74) is 2.64. The van der Waals surface area contributed by atoms with E-state index >= 15 is 0 Å². The lowest BCUT2D eigenvalue weighted by Crippen LogP contribution is -2.40. The zero-order valence-corrected chi connectivity index (χ0v) is 15.5. The van der Waals surface area contributed by atoms with Crippen LogP contribution in [-0.4, -0.2) is 45.3 Å². The summed E-state index contributed by atoms with van der Waals surface area (Å²) in [6, 6.07) is 7.72. The number of nitrogens with zero attached hydrogens (tertiary/aromatic N) is 2. The second kappa shape index (κ2) is 6.95. The summed E-state index contributed by atoms with van der Waals surface area (Å²) in [5.74, 6) is 1.86. The van der Waals surface area contributed by atoms with Crippen LogP contribution in [0.25, 0.3) is 0 Å². The Morgan fingerprint density at radius 2 is 2.00 bits per heavy atom. The van der Waals surface area contributed by atoms with E-state index in [2.05, 4.69) is 15.4 Å². The summed E-state index contributed by atoms with van der Waals surface area (Å²) < 4.78 is 33.8. The van der Waals surface area contributed by atoms with Crippen molar-refractivity contribution >= 4 is 21.2 Å². The summed E-state index contributed by atoms with van der Waals surface area (Å²) in [7, 11) is -1.27. The Bertz CT molecular complexity index is 833. The van der Waals surface area contributed by atoms with Gasteiger partial charge in [-0.05, 0) is 26.0 Å². The molecule has 1 aliphatic rings. The molecule has 1 N–H and O–H groups in total. The molecule has 1 aliphatic heterocycles. The number of nitrogens with one attached hydrogen (secondary N) is 1. The number of benzene rings is 1. The first-order chi connectivity index (χ1) is 11.9. The second-order valence-corrected chi connectivity index (χ2v) is 8.56.